The molecule has 0 spiro atoms. The van der Waals surface area contributed by atoms with Crippen LogP contribution in [0.2, 0.25) is 0 Å². The Kier molecular flexibility index (Phi) is 5.29. The van der Waals surface area contributed by atoms with Crippen LogP contribution in [0.3, 0.4) is 0 Å². The number of carbonyl (C=O) groups is 1. The summed E-state index contributed by atoms with van der Waals surface area (Å²) >= 11 is 0. The monoisotopic (exact) mass is 285 g/mol. The average Bonchev–Trinajstić information content (AvgIpc) is 2.56. The van der Waals surface area contributed by atoms with E-state index < -0.39 is 0 Å². The van der Waals surface area contributed by atoms with E-state index >= 15 is 0 Å². The van der Waals surface area contributed by atoms with Crippen LogP contribution < -0.4 is 15.4 Å². The third-order valence-corrected chi connectivity index (χ3v) is 3.14. The first-order valence-corrected chi connectivity index (χ1v) is 6.82. The Labute approximate surface area is 124 Å². The molecule has 0 saturated heterocycles. The zero-order chi connectivity index (χ0) is 15.1. The molecule has 0 aliphatic rings. The maximum absolute atomic E-state index is 12.6. The molecule has 0 aliphatic heterocycles. The van der Waals surface area contributed by atoms with Gasteiger partial charge in [0, 0.05) is 30.2 Å². The van der Waals surface area contributed by atoms with Crippen molar-refractivity contribution in [2.45, 2.75) is 6.42 Å². The number of aromatic nitrogens is 1. The summed E-state index contributed by atoms with van der Waals surface area (Å²) in [5, 5.41) is 0. The molecule has 2 aromatic rings. The Morgan fingerprint density at radius 2 is 1.86 bits per heavy atom. The van der Waals surface area contributed by atoms with Gasteiger partial charge in [0.1, 0.15) is 5.75 Å². The molecule has 0 aliphatic carbocycles. The van der Waals surface area contributed by atoms with Crippen LogP contribution in [0.15, 0.2) is 48.8 Å². The molecular formula is C16H19N3O2. The molecular weight excluding hydrogens is 266 g/mol. The SMILES string of the molecule is COc1ccc(N(CCCN)C(=O)c2ccncc2)cc1. The van der Waals surface area contributed by atoms with Gasteiger partial charge in [-0.05, 0) is 49.4 Å². The zero-order valence-corrected chi connectivity index (χ0v) is 12.0. The summed E-state index contributed by atoms with van der Waals surface area (Å²) in [6.45, 7) is 1.11. The van der Waals surface area contributed by atoms with Gasteiger partial charge in [-0.2, -0.15) is 0 Å². The minimum absolute atomic E-state index is 0.0592. The van der Waals surface area contributed by atoms with Gasteiger partial charge in [0.25, 0.3) is 5.91 Å². The molecule has 0 saturated carbocycles. The smallest absolute Gasteiger partial charge is 0.258 e. The lowest BCUT2D eigenvalue weighted by molar-refractivity contribution is 0.0986. The third kappa shape index (κ3) is 3.79. The lowest BCUT2D eigenvalue weighted by atomic mass is 10.2. The minimum atomic E-state index is -0.0592. The maximum atomic E-state index is 12.6. The topological polar surface area (TPSA) is 68.5 Å². The number of ether oxygens (including phenoxy) is 1. The molecule has 1 aromatic carbocycles. The van der Waals surface area contributed by atoms with Gasteiger partial charge in [0.15, 0.2) is 0 Å². The first-order chi connectivity index (χ1) is 10.3. The summed E-state index contributed by atoms with van der Waals surface area (Å²) in [4.78, 5) is 18.3. The second kappa shape index (κ2) is 7.40. The molecule has 110 valence electrons. The van der Waals surface area contributed by atoms with E-state index in [1.54, 1.807) is 36.5 Å². The Hall–Kier alpha value is -2.40. The number of amides is 1. The largest absolute Gasteiger partial charge is 0.497 e. The fraction of sp³-hybridized carbons (Fsp3) is 0.250. The number of rotatable bonds is 6. The van der Waals surface area contributed by atoms with Gasteiger partial charge >= 0.3 is 0 Å². The van der Waals surface area contributed by atoms with Gasteiger partial charge in [-0.1, -0.05) is 0 Å². The number of nitrogens with two attached hydrogens (primary N) is 1. The van der Waals surface area contributed by atoms with Crippen molar-refractivity contribution in [3.63, 3.8) is 0 Å². The summed E-state index contributed by atoms with van der Waals surface area (Å²) in [5.41, 5.74) is 7.01. The van der Waals surface area contributed by atoms with Crippen molar-refractivity contribution in [1.82, 2.24) is 4.98 Å². The quantitative estimate of drug-likeness (QED) is 0.882. The van der Waals surface area contributed by atoms with Crippen molar-refractivity contribution < 1.29 is 9.53 Å². The van der Waals surface area contributed by atoms with Crippen molar-refractivity contribution in [3.05, 3.63) is 54.4 Å². The lowest BCUT2D eigenvalue weighted by Gasteiger charge is -2.23. The summed E-state index contributed by atoms with van der Waals surface area (Å²) in [5.74, 6) is 0.699. The second-order valence-electron chi connectivity index (χ2n) is 4.53. The Balaban J connectivity index is 2.26. The number of pyridine rings is 1. The van der Waals surface area contributed by atoms with Crippen LogP contribution in [0.5, 0.6) is 5.75 Å². The van der Waals surface area contributed by atoms with Crippen LogP contribution in [-0.4, -0.2) is 31.1 Å². The fourth-order valence-electron chi connectivity index (χ4n) is 2.01. The van der Waals surface area contributed by atoms with Crippen LogP contribution in [-0.2, 0) is 0 Å². The highest BCUT2D eigenvalue weighted by atomic mass is 16.5. The van der Waals surface area contributed by atoms with E-state index in [0.29, 0.717) is 18.7 Å². The van der Waals surface area contributed by atoms with Gasteiger partial charge < -0.3 is 15.4 Å². The number of hydrogen-bond donors (Lipinski definition) is 1. The van der Waals surface area contributed by atoms with Crippen LogP contribution in [0.1, 0.15) is 16.8 Å². The van der Waals surface area contributed by atoms with Gasteiger partial charge in [-0.25, -0.2) is 0 Å². The van der Waals surface area contributed by atoms with Crippen LogP contribution in [0.25, 0.3) is 0 Å². The number of carbonyl (C=O) groups excluding carboxylic acids is 1. The van der Waals surface area contributed by atoms with Crippen molar-refractivity contribution in [1.29, 1.82) is 0 Å². The summed E-state index contributed by atoms with van der Waals surface area (Å²) in [6, 6.07) is 10.8. The van der Waals surface area contributed by atoms with Gasteiger partial charge in [0.2, 0.25) is 0 Å². The highest BCUT2D eigenvalue weighted by Crippen LogP contribution is 2.21. The number of hydrogen-bond acceptors (Lipinski definition) is 4. The Bertz CT molecular complexity index is 570. The normalized spacial score (nSPS) is 10.2. The predicted molar refractivity (Wildman–Crippen MR) is 82.6 cm³/mol. The lowest BCUT2D eigenvalue weighted by Crippen LogP contribution is -2.32. The van der Waals surface area contributed by atoms with E-state index in [9.17, 15) is 4.79 Å². The van der Waals surface area contributed by atoms with Gasteiger partial charge in [-0.15, -0.1) is 0 Å². The van der Waals surface area contributed by atoms with Crippen LogP contribution in [0.4, 0.5) is 5.69 Å². The zero-order valence-electron chi connectivity index (χ0n) is 12.0. The number of methoxy groups -OCH3 is 1. The molecule has 0 bridgehead atoms. The van der Waals surface area contributed by atoms with Crippen molar-refractivity contribution in [3.8, 4) is 5.75 Å². The van der Waals surface area contributed by atoms with Crippen molar-refractivity contribution in [2.75, 3.05) is 25.1 Å². The van der Waals surface area contributed by atoms with Gasteiger partial charge in [0.05, 0.1) is 7.11 Å². The summed E-state index contributed by atoms with van der Waals surface area (Å²) in [6.07, 6.45) is 3.97. The highest BCUT2D eigenvalue weighted by molar-refractivity contribution is 6.06. The molecule has 2 rings (SSSR count). The molecule has 1 aromatic heterocycles. The standard InChI is InChI=1S/C16H19N3O2/c1-21-15-5-3-14(4-6-15)19(12-2-9-17)16(20)13-7-10-18-11-8-13/h3-8,10-11H,2,9,12,17H2,1H3. The highest BCUT2D eigenvalue weighted by Gasteiger charge is 2.17. The van der Waals surface area contributed by atoms with Crippen molar-refractivity contribution >= 4 is 11.6 Å². The van der Waals surface area contributed by atoms with E-state index in [1.165, 1.54) is 0 Å². The molecule has 1 amide bonds. The summed E-state index contributed by atoms with van der Waals surface area (Å²) in [7, 11) is 1.61. The molecule has 0 fully saturated rings. The average molecular weight is 285 g/mol. The Morgan fingerprint density at radius 1 is 1.19 bits per heavy atom. The number of benzene rings is 1. The van der Waals surface area contributed by atoms with E-state index in [2.05, 4.69) is 4.98 Å². The summed E-state index contributed by atoms with van der Waals surface area (Å²) < 4.78 is 5.14. The van der Waals surface area contributed by atoms with E-state index in [-0.39, 0.29) is 5.91 Å². The molecule has 0 unspecified atom stereocenters. The molecule has 2 N–H and O–H groups in total. The molecule has 21 heavy (non-hydrogen) atoms. The molecule has 5 heteroatoms. The number of anilines is 1. The van der Waals surface area contributed by atoms with E-state index in [4.69, 9.17) is 10.5 Å². The fourth-order valence-corrected chi connectivity index (χ4v) is 2.01. The predicted octanol–water partition coefficient (Wildman–Crippen LogP) is 2.09. The first-order valence-electron chi connectivity index (χ1n) is 6.82. The molecule has 0 atom stereocenters. The van der Waals surface area contributed by atoms with E-state index in [0.717, 1.165) is 17.9 Å². The van der Waals surface area contributed by atoms with Crippen molar-refractivity contribution in [2.24, 2.45) is 5.73 Å². The third-order valence-electron chi connectivity index (χ3n) is 3.14. The maximum Gasteiger partial charge on any atom is 0.258 e. The number of nitrogens with zero attached hydrogens (tertiary/aromatic N) is 2. The first kappa shape index (κ1) is 15.0. The molecule has 0 radical (unpaired) electrons. The minimum Gasteiger partial charge on any atom is -0.497 e. The molecule has 5 nitrogen and oxygen atoms in total. The van der Waals surface area contributed by atoms with Crippen LogP contribution in [0, 0.1) is 0 Å². The van der Waals surface area contributed by atoms with Gasteiger partial charge in [-0.3, -0.25) is 9.78 Å². The second-order valence-corrected chi connectivity index (χ2v) is 4.53. The van der Waals surface area contributed by atoms with Crippen LogP contribution >= 0.6 is 0 Å². The Morgan fingerprint density at radius 3 is 2.43 bits per heavy atom. The molecule has 1 heterocycles. The van der Waals surface area contributed by atoms with E-state index in [1.807, 2.05) is 24.3 Å².